The van der Waals surface area contributed by atoms with Crippen molar-refractivity contribution < 1.29 is 0 Å². The average Bonchev–Trinajstić information content (AvgIpc) is 2.78. The second kappa shape index (κ2) is 4.87. The van der Waals surface area contributed by atoms with Gasteiger partial charge in [0.15, 0.2) is 0 Å². The minimum Gasteiger partial charge on any atom is -0.313 e. The van der Waals surface area contributed by atoms with E-state index in [0.717, 1.165) is 13.1 Å². The monoisotopic (exact) mass is 211 g/mol. The van der Waals surface area contributed by atoms with E-state index in [2.05, 4.69) is 22.5 Å². The summed E-state index contributed by atoms with van der Waals surface area (Å²) in [4.78, 5) is 5.59. The third-order valence-electron chi connectivity index (χ3n) is 2.68. The molecule has 1 unspecified atom stereocenters. The molecule has 0 aromatic carbocycles. The molecule has 2 heterocycles. The topological polar surface area (TPSA) is 37.0 Å². The van der Waals surface area contributed by atoms with Gasteiger partial charge in [-0.3, -0.25) is 0 Å². The van der Waals surface area contributed by atoms with Crippen molar-refractivity contribution in [3.05, 3.63) is 16.1 Å². The van der Waals surface area contributed by atoms with Gasteiger partial charge in [0.2, 0.25) is 0 Å². The lowest BCUT2D eigenvalue weighted by Gasteiger charge is -2.10. The van der Waals surface area contributed by atoms with Gasteiger partial charge in [-0.05, 0) is 26.3 Å². The lowest BCUT2D eigenvalue weighted by molar-refractivity contribution is 0.537. The SMILES string of the molecule is Cc1ncsc1CNCC1CCCN1. The Bertz CT molecular complexity index is 279. The minimum absolute atomic E-state index is 0.684. The van der Waals surface area contributed by atoms with Crippen LogP contribution in [0.25, 0.3) is 0 Å². The number of hydrogen-bond acceptors (Lipinski definition) is 4. The Morgan fingerprint density at radius 3 is 3.29 bits per heavy atom. The van der Waals surface area contributed by atoms with Gasteiger partial charge in [0, 0.05) is 24.0 Å². The van der Waals surface area contributed by atoms with Crippen LogP contribution >= 0.6 is 11.3 Å². The van der Waals surface area contributed by atoms with Crippen LogP contribution in [0.5, 0.6) is 0 Å². The molecule has 14 heavy (non-hydrogen) atoms. The van der Waals surface area contributed by atoms with Crippen LogP contribution < -0.4 is 10.6 Å². The molecule has 78 valence electrons. The molecule has 1 fully saturated rings. The number of aryl methyl sites for hydroxylation is 1. The highest BCUT2D eigenvalue weighted by atomic mass is 32.1. The molecule has 1 aromatic rings. The lowest BCUT2D eigenvalue weighted by atomic mass is 10.2. The number of nitrogens with one attached hydrogen (secondary N) is 2. The zero-order valence-corrected chi connectivity index (χ0v) is 9.36. The third-order valence-corrected chi connectivity index (χ3v) is 3.62. The summed E-state index contributed by atoms with van der Waals surface area (Å²) in [6.45, 7) is 5.30. The highest BCUT2D eigenvalue weighted by Gasteiger charge is 2.13. The molecule has 0 saturated carbocycles. The van der Waals surface area contributed by atoms with E-state index in [4.69, 9.17) is 0 Å². The highest BCUT2D eigenvalue weighted by Crippen LogP contribution is 2.11. The largest absolute Gasteiger partial charge is 0.313 e. The second-order valence-corrected chi connectivity index (χ2v) is 4.72. The molecule has 4 heteroatoms. The summed E-state index contributed by atoms with van der Waals surface area (Å²) in [6, 6.07) is 0.684. The summed E-state index contributed by atoms with van der Waals surface area (Å²) in [5.41, 5.74) is 3.09. The van der Waals surface area contributed by atoms with Crippen molar-refractivity contribution in [2.45, 2.75) is 32.4 Å². The summed E-state index contributed by atoms with van der Waals surface area (Å²) in [5.74, 6) is 0. The third kappa shape index (κ3) is 2.53. The molecule has 1 aromatic heterocycles. The molecule has 1 atom stereocenters. The van der Waals surface area contributed by atoms with Gasteiger partial charge in [-0.2, -0.15) is 0 Å². The van der Waals surface area contributed by atoms with Crippen LogP contribution in [0.15, 0.2) is 5.51 Å². The maximum atomic E-state index is 4.23. The van der Waals surface area contributed by atoms with Crippen molar-refractivity contribution in [1.29, 1.82) is 0 Å². The predicted molar refractivity (Wildman–Crippen MR) is 59.6 cm³/mol. The Morgan fingerprint density at radius 2 is 2.64 bits per heavy atom. The Balaban J connectivity index is 1.70. The molecule has 0 bridgehead atoms. The van der Waals surface area contributed by atoms with Crippen molar-refractivity contribution in [3.63, 3.8) is 0 Å². The molecule has 2 N–H and O–H groups in total. The summed E-state index contributed by atoms with van der Waals surface area (Å²) in [5, 5.41) is 6.96. The van der Waals surface area contributed by atoms with Gasteiger partial charge in [0.05, 0.1) is 11.2 Å². The zero-order valence-electron chi connectivity index (χ0n) is 8.55. The van der Waals surface area contributed by atoms with Gasteiger partial charge in [-0.1, -0.05) is 0 Å². The first kappa shape index (κ1) is 10.1. The van der Waals surface area contributed by atoms with E-state index in [1.165, 1.54) is 30.0 Å². The van der Waals surface area contributed by atoms with E-state index in [-0.39, 0.29) is 0 Å². The maximum absolute atomic E-state index is 4.23. The minimum atomic E-state index is 0.684. The standard InChI is InChI=1S/C10H17N3S/c1-8-10(14-7-13-8)6-11-5-9-3-2-4-12-9/h7,9,11-12H,2-6H2,1H3. The van der Waals surface area contributed by atoms with Gasteiger partial charge in [-0.15, -0.1) is 11.3 Å². The molecule has 0 aliphatic carbocycles. The normalized spacial score (nSPS) is 21.6. The fourth-order valence-corrected chi connectivity index (χ4v) is 2.53. The van der Waals surface area contributed by atoms with E-state index >= 15 is 0 Å². The van der Waals surface area contributed by atoms with Crippen molar-refractivity contribution >= 4 is 11.3 Å². The summed E-state index contributed by atoms with van der Waals surface area (Å²) in [6.07, 6.45) is 2.64. The van der Waals surface area contributed by atoms with Crippen molar-refractivity contribution in [1.82, 2.24) is 15.6 Å². The molecular weight excluding hydrogens is 194 g/mol. The highest BCUT2D eigenvalue weighted by molar-refractivity contribution is 7.09. The molecule has 1 aliphatic heterocycles. The van der Waals surface area contributed by atoms with E-state index in [1.54, 1.807) is 11.3 Å². The summed E-state index contributed by atoms with van der Waals surface area (Å²) < 4.78 is 0. The van der Waals surface area contributed by atoms with Gasteiger partial charge in [0.1, 0.15) is 0 Å². The molecular formula is C10H17N3S. The molecule has 3 nitrogen and oxygen atoms in total. The molecule has 2 rings (SSSR count). The van der Waals surface area contributed by atoms with Crippen LogP contribution in [-0.2, 0) is 6.54 Å². The van der Waals surface area contributed by atoms with Crippen LogP contribution in [0.4, 0.5) is 0 Å². The van der Waals surface area contributed by atoms with Crippen LogP contribution in [0.3, 0.4) is 0 Å². The molecule has 0 amide bonds. The Morgan fingerprint density at radius 1 is 1.71 bits per heavy atom. The Labute approximate surface area is 88.9 Å². The van der Waals surface area contributed by atoms with E-state index in [0.29, 0.717) is 6.04 Å². The van der Waals surface area contributed by atoms with Crippen molar-refractivity contribution in [2.75, 3.05) is 13.1 Å². The molecule has 1 saturated heterocycles. The number of rotatable bonds is 4. The summed E-state index contributed by atoms with van der Waals surface area (Å²) >= 11 is 1.74. The van der Waals surface area contributed by atoms with E-state index in [9.17, 15) is 0 Å². The fourth-order valence-electron chi connectivity index (χ4n) is 1.79. The quantitative estimate of drug-likeness (QED) is 0.788. The van der Waals surface area contributed by atoms with Gasteiger partial charge in [0.25, 0.3) is 0 Å². The number of thiazole rings is 1. The second-order valence-electron chi connectivity index (χ2n) is 3.79. The van der Waals surface area contributed by atoms with Crippen LogP contribution in [-0.4, -0.2) is 24.1 Å². The smallest absolute Gasteiger partial charge is 0.0798 e. The first-order valence-electron chi connectivity index (χ1n) is 5.19. The first-order chi connectivity index (χ1) is 6.86. The molecule has 1 aliphatic rings. The Kier molecular flexibility index (Phi) is 3.50. The van der Waals surface area contributed by atoms with Crippen molar-refractivity contribution in [3.8, 4) is 0 Å². The summed E-state index contributed by atoms with van der Waals surface area (Å²) in [7, 11) is 0. The first-order valence-corrected chi connectivity index (χ1v) is 6.07. The molecule has 0 radical (unpaired) electrons. The maximum Gasteiger partial charge on any atom is 0.0798 e. The molecule has 0 spiro atoms. The zero-order chi connectivity index (χ0) is 9.80. The van der Waals surface area contributed by atoms with Gasteiger partial charge < -0.3 is 10.6 Å². The van der Waals surface area contributed by atoms with E-state index < -0.39 is 0 Å². The predicted octanol–water partition coefficient (Wildman–Crippen LogP) is 1.29. The number of hydrogen-bond donors (Lipinski definition) is 2. The van der Waals surface area contributed by atoms with Crippen LogP contribution in [0.2, 0.25) is 0 Å². The number of aromatic nitrogens is 1. The van der Waals surface area contributed by atoms with Crippen molar-refractivity contribution in [2.24, 2.45) is 0 Å². The number of nitrogens with zero attached hydrogens (tertiary/aromatic N) is 1. The fraction of sp³-hybridized carbons (Fsp3) is 0.700. The average molecular weight is 211 g/mol. The Hall–Kier alpha value is -0.450. The van der Waals surface area contributed by atoms with Crippen LogP contribution in [0.1, 0.15) is 23.4 Å². The van der Waals surface area contributed by atoms with Gasteiger partial charge in [-0.25, -0.2) is 4.98 Å². The lowest BCUT2D eigenvalue weighted by Crippen LogP contribution is -2.33. The van der Waals surface area contributed by atoms with Crippen LogP contribution in [0, 0.1) is 6.92 Å². The van der Waals surface area contributed by atoms with E-state index in [1.807, 2.05) is 5.51 Å². The van der Waals surface area contributed by atoms with Gasteiger partial charge >= 0.3 is 0 Å².